The van der Waals surface area contributed by atoms with Crippen LogP contribution < -0.4 is 10.3 Å². The van der Waals surface area contributed by atoms with E-state index in [0.717, 1.165) is 27.1 Å². The van der Waals surface area contributed by atoms with Crippen molar-refractivity contribution >= 4 is 27.3 Å². The lowest BCUT2D eigenvalue weighted by Gasteiger charge is -2.17. The van der Waals surface area contributed by atoms with E-state index in [1.807, 2.05) is 48.2 Å². The van der Waals surface area contributed by atoms with Gasteiger partial charge < -0.3 is 14.2 Å². The number of nitrogens with zero attached hydrogens (tertiary/aromatic N) is 2. The largest absolute Gasteiger partial charge is 0.488 e. The molecule has 134 valence electrons. The van der Waals surface area contributed by atoms with Crippen molar-refractivity contribution < 1.29 is 9.53 Å². The van der Waals surface area contributed by atoms with Gasteiger partial charge in [-0.1, -0.05) is 18.2 Å². The molecule has 4 rings (SSSR count). The zero-order valence-corrected chi connectivity index (χ0v) is 15.6. The summed E-state index contributed by atoms with van der Waals surface area (Å²) in [6, 6.07) is 13.3. The van der Waals surface area contributed by atoms with E-state index in [4.69, 9.17) is 4.74 Å². The number of aromatic nitrogens is 1. The maximum atomic E-state index is 12.8. The summed E-state index contributed by atoms with van der Waals surface area (Å²) in [6.45, 7) is 3.09. The third-order valence-corrected chi connectivity index (χ3v) is 5.95. The third-order valence-electron chi connectivity index (χ3n) is 4.85. The fourth-order valence-corrected chi connectivity index (χ4v) is 4.28. The van der Waals surface area contributed by atoms with Gasteiger partial charge in [-0.25, -0.2) is 0 Å². The van der Waals surface area contributed by atoms with E-state index in [1.54, 1.807) is 11.6 Å². The predicted octanol–water partition coefficient (Wildman–Crippen LogP) is 3.20. The van der Waals surface area contributed by atoms with Crippen LogP contribution in [0.1, 0.15) is 21.8 Å². The number of aryl methyl sites for hydroxylation is 1. The van der Waals surface area contributed by atoms with E-state index < -0.39 is 0 Å². The minimum atomic E-state index is -0.0868. The molecule has 1 aliphatic heterocycles. The summed E-state index contributed by atoms with van der Waals surface area (Å²) in [7, 11) is 1.74. The quantitative estimate of drug-likeness (QED) is 0.713. The maximum absolute atomic E-state index is 12.8. The number of likely N-dealkylation sites (tertiary alicyclic amines) is 1. The van der Waals surface area contributed by atoms with Crippen molar-refractivity contribution in [3.63, 3.8) is 0 Å². The average Bonchev–Trinajstić information content (AvgIpc) is 3.25. The van der Waals surface area contributed by atoms with Crippen molar-refractivity contribution in [2.45, 2.75) is 19.4 Å². The Balaban J connectivity index is 1.46. The van der Waals surface area contributed by atoms with Crippen LogP contribution in [0.2, 0.25) is 0 Å². The number of rotatable bonds is 3. The van der Waals surface area contributed by atoms with Gasteiger partial charge >= 0.3 is 0 Å². The number of pyridine rings is 1. The topological polar surface area (TPSA) is 51.5 Å². The second-order valence-electron chi connectivity index (χ2n) is 6.66. The Labute approximate surface area is 155 Å². The molecule has 0 saturated carbocycles. The number of fused-ring (bicyclic) bond motifs is 1. The number of benzene rings is 1. The number of carbonyl (C=O) groups is 1. The van der Waals surface area contributed by atoms with Gasteiger partial charge in [0.25, 0.3) is 11.5 Å². The van der Waals surface area contributed by atoms with Crippen molar-refractivity contribution in [2.24, 2.45) is 7.05 Å². The van der Waals surface area contributed by atoms with Gasteiger partial charge in [0.05, 0.1) is 11.4 Å². The molecule has 0 bridgehead atoms. The summed E-state index contributed by atoms with van der Waals surface area (Å²) in [5.74, 6) is 0.629. The molecule has 1 amide bonds. The molecule has 0 aliphatic carbocycles. The molecule has 0 radical (unpaired) electrons. The molecule has 26 heavy (non-hydrogen) atoms. The fourth-order valence-electron chi connectivity index (χ4n) is 3.25. The molecule has 6 heteroatoms. The van der Waals surface area contributed by atoms with Crippen LogP contribution in [0.15, 0.2) is 47.3 Å². The standard InChI is InChI=1S/C20H20N2O3S/c1-13-9-16(11-19(23)21(13)2)25-15-7-8-22(12-15)20(24)18-10-14-5-3-4-6-17(14)26-18/h3-6,9-11,15H,7-8,12H2,1-2H3. The first-order valence-corrected chi connectivity index (χ1v) is 9.45. The molecule has 3 aromatic rings. The lowest BCUT2D eigenvalue weighted by Crippen LogP contribution is -2.30. The first kappa shape index (κ1) is 16.8. The van der Waals surface area contributed by atoms with Crippen LogP contribution in [0.4, 0.5) is 0 Å². The number of hydrogen-bond acceptors (Lipinski definition) is 4. The summed E-state index contributed by atoms with van der Waals surface area (Å²) in [5, 5.41) is 1.10. The van der Waals surface area contributed by atoms with Crippen LogP contribution in [0, 0.1) is 6.92 Å². The second-order valence-corrected chi connectivity index (χ2v) is 7.74. The molecule has 0 N–H and O–H groups in total. The SMILES string of the molecule is Cc1cc(OC2CCN(C(=O)c3cc4ccccc4s3)C2)cc(=O)n1C. The molecule has 1 fully saturated rings. The van der Waals surface area contributed by atoms with Crippen LogP contribution in [-0.4, -0.2) is 34.6 Å². The van der Waals surface area contributed by atoms with Gasteiger partial charge in [-0.15, -0.1) is 11.3 Å². The highest BCUT2D eigenvalue weighted by Gasteiger charge is 2.29. The first-order chi connectivity index (χ1) is 12.5. The minimum Gasteiger partial charge on any atom is -0.488 e. The number of hydrogen-bond donors (Lipinski definition) is 0. The molecule has 2 aromatic heterocycles. The zero-order chi connectivity index (χ0) is 18.3. The van der Waals surface area contributed by atoms with Crippen molar-refractivity contribution in [1.29, 1.82) is 0 Å². The summed E-state index contributed by atoms with van der Waals surface area (Å²) in [4.78, 5) is 27.3. The Morgan fingerprint density at radius 1 is 1.23 bits per heavy atom. The molecule has 1 aliphatic rings. The molecular weight excluding hydrogens is 348 g/mol. The third kappa shape index (κ3) is 3.12. The van der Waals surface area contributed by atoms with Gasteiger partial charge in [-0.2, -0.15) is 0 Å². The summed E-state index contributed by atoms with van der Waals surface area (Å²) in [6.07, 6.45) is 0.685. The van der Waals surface area contributed by atoms with Crippen LogP contribution in [0.5, 0.6) is 5.75 Å². The molecule has 3 heterocycles. The molecule has 1 atom stereocenters. The van der Waals surface area contributed by atoms with E-state index in [0.29, 0.717) is 18.8 Å². The Bertz CT molecular complexity index is 1000. The fraction of sp³-hybridized carbons (Fsp3) is 0.300. The zero-order valence-electron chi connectivity index (χ0n) is 14.8. The summed E-state index contributed by atoms with van der Waals surface area (Å²) < 4.78 is 8.67. The van der Waals surface area contributed by atoms with Gasteiger partial charge in [0.1, 0.15) is 11.9 Å². The van der Waals surface area contributed by atoms with Crippen molar-refractivity contribution in [2.75, 3.05) is 13.1 Å². The summed E-state index contributed by atoms with van der Waals surface area (Å²) in [5.41, 5.74) is 0.764. The molecule has 1 unspecified atom stereocenters. The molecule has 5 nitrogen and oxygen atoms in total. The van der Waals surface area contributed by atoms with Gasteiger partial charge in [0.2, 0.25) is 0 Å². The number of ether oxygens (including phenoxy) is 1. The van der Waals surface area contributed by atoms with Crippen LogP contribution >= 0.6 is 11.3 Å². The molecule has 0 spiro atoms. The number of carbonyl (C=O) groups excluding carboxylic acids is 1. The minimum absolute atomic E-state index is 0.0532. The normalized spacial score (nSPS) is 17.0. The van der Waals surface area contributed by atoms with Crippen molar-refractivity contribution in [1.82, 2.24) is 9.47 Å². The number of amides is 1. The Hall–Kier alpha value is -2.60. The Kier molecular flexibility index (Phi) is 4.28. The molecular formula is C20H20N2O3S. The number of thiophene rings is 1. The van der Waals surface area contributed by atoms with E-state index in [-0.39, 0.29) is 17.6 Å². The predicted molar refractivity (Wildman–Crippen MR) is 103 cm³/mol. The lowest BCUT2D eigenvalue weighted by molar-refractivity contribution is 0.0777. The van der Waals surface area contributed by atoms with E-state index in [1.165, 1.54) is 17.4 Å². The molecule has 1 aromatic carbocycles. The van der Waals surface area contributed by atoms with Crippen molar-refractivity contribution in [3.8, 4) is 5.75 Å². The van der Waals surface area contributed by atoms with Gasteiger partial charge in [0.15, 0.2) is 0 Å². The Morgan fingerprint density at radius 2 is 2.04 bits per heavy atom. The maximum Gasteiger partial charge on any atom is 0.264 e. The monoisotopic (exact) mass is 368 g/mol. The van der Waals surface area contributed by atoms with Crippen LogP contribution in [0.25, 0.3) is 10.1 Å². The van der Waals surface area contributed by atoms with E-state index in [2.05, 4.69) is 0 Å². The van der Waals surface area contributed by atoms with Gasteiger partial charge in [0, 0.05) is 36.5 Å². The van der Waals surface area contributed by atoms with Crippen LogP contribution in [-0.2, 0) is 7.05 Å². The smallest absolute Gasteiger partial charge is 0.264 e. The highest BCUT2D eigenvalue weighted by Crippen LogP contribution is 2.28. The lowest BCUT2D eigenvalue weighted by atomic mass is 10.2. The van der Waals surface area contributed by atoms with Crippen molar-refractivity contribution in [3.05, 3.63) is 63.4 Å². The Morgan fingerprint density at radius 3 is 2.81 bits per heavy atom. The highest BCUT2D eigenvalue weighted by atomic mass is 32.1. The van der Waals surface area contributed by atoms with Gasteiger partial charge in [-0.05, 0) is 30.5 Å². The van der Waals surface area contributed by atoms with E-state index >= 15 is 0 Å². The van der Waals surface area contributed by atoms with Gasteiger partial charge in [-0.3, -0.25) is 9.59 Å². The first-order valence-electron chi connectivity index (χ1n) is 8.63. The van der Waals surface area contributed by atoms with Crippen LogP contribution in [0.3, 0.4) is 0 Å². The second kappa shape index (κ2) is 6.61. The average molecular weight is 368 g/mol. The molecule has 1 saturated heterocycles. The summed E-state index contributed by atoms with van der Waals surface area (Å²) >= 11 is 1.53. The highest BCUT2D eigenvalue weighted by molar-refractivity contribution is 7.20. The van der Waals surface area contributed by atoms with E-state index in [9.17, 15) is 9.59 Å².